The molecule has 2 aromatic heterocycles. The summed E-state index contributed by atoms with van der Waals surface area (Å²) in [7, 11) is 0. The van der Waals surface area contributed by atoms with Crippen molar-refractivity contribution < 1.29 is 9.53 Å². The highest BCUT2D eigenvalue weighted by atomic mass is 35.5. The van der Waals surface area contributed by atoms with E-state index in [-0.39, 0.29) is 23.7 Å². The van der Waals surface area contributed by atoms with Gasteiger partial charge in [-0.1, -0.05) is 35.9 Å². The van der Waals surface area contributed by atoms with Crippen LogP contribution in [0.2, 0.25) is 5.02 Å². The number of nitrogens with one attached hydrogen (secondary N) is 1. The smallest absolute Gasteiger partial charge is 0.358 e. The number of halogens is 1. The van der Waals surface area contributed by atoms with Crippen molar-refractivity contribution in [2.45, 2.75) is 13.5 Å². The lowest BCUT2D eigenvalue weighted by atomic mass is 10.1. The molecule has 0 aliphatic carbocycles. The van der Waals surface area contributed by atoms with Crippen LogP contribution in [0.4, 0.5) is 0 Å². The number of thiazole rings is 1. The summed E-state index contributed by atoms with van der Waals surface area (Å²) in [5, 5.41) is 3.39. The predicted octanol–water partition coefficient (Wildman–Crippen LogP) is 4.37. The van der Waals surface area contributed by atoms with Crippen molar-refractivity contribution in [1.82, 2.24) is 15.0 Å². The first kappa shape index (κ1) is 18.3. The number of H-pyrrole nitrogens is 1. The van der Waals surface area contributed by atoms with Crippen LogP contribution in [-0.4, -0.2) is 20.9 Å². The van der Waals surface area contributed by atoms with Crippen LogP contribution < -0.4 is 5.56 Å². The molecule has 2 heterocycles. The molecule has 0 bridgehead atoms. The predicted molar refractivity (Wildman–Crippen MR) is 109 cm³/mol. The molecule has 28 heavy (non-hydrogen) atoms. The number of hydrogen-bond acceptors (Lipinski definition) is 6. The fraction of sp³-hybridized carbons (Fsp3) is 0.100. The molecular weight excluding hydrogens is 398 g/mol. The van der Waals surface area contributed by atoms with Gasteiger partial charge in [0.15, 0.2) is 5.69 Å². The Morgan fingerprint density at radius 1 is 1.21 bits per heavy atom. The van der Waals surface area contributed by atoms with E-state index in [9.17, 15) is 9.59 Å². The molecule has 0 saturated carbocycles. The third-order valence-corrected chi connectivity index (χ3v) is 5.24. The van der Waals surface area contributed by atoms with Gasteiger partial charge in [-0.05, 0) is 30.7 Å². The number of carbonyl (C=O) groups excluding carboxylic acids is 1. The summed E-state index contributed by atoms with van der Waals surface area (Å²) in [6.45, 7) is 1.72. The molecule has 0 amide bonds. The summed E-state index contributed by atoms with van der Waals surface area (Å²) in [5.74, 6) is -0.303. The number of rotatable bonds is 4. The second-order valence-electron chi connectivity index (χ2n) is 6.11. The Hall–Kier alpha value is -3.03. The van der Waals surface area contributed by atoms with Gasteiger partial charge in [-0.3, -0.25) is 4.79 Å². The van der Waals surface area contributed by atoms with Gasteiger partial charge in [-0.15, -0.1) is 11.3 Å². The Kier molecular flexibility index (Phi) is 4.93. The van der Waals surface area contributed by atoms with E-state index in [1.165, 1.54) is 11.3 Å². The molecular formula is C20H14ClN3O3S. The SMILES string of the molecule is Cc1cccc2c(=O)[nH]c(COC(=O)c3csc(-c4cccc(Cl)c4)n3)nc12. The minimum Gasteiger partial charge on any atom is -0.453 e. The van der Waals surface area contributed by atoms with Crippen LogP contribution >= 0.6 is 22.9 Å². The van der Waals surface area contributed by atoms with Gasteiger partial charge >= 0.3 is 5.97 Å². The number of ether oxygens (including phenoxy) is 1. The first-order valence-electron chi connectivity index (χ1n) is 8.38. The summed E-state index contributed by atoms with van der Waals surface area (Å²) >= 11 is 7.32. The van der Waals surface area contributed by atoms with E-state index in [0.717, 1.165) is 11.1 Å². The van der Waals surface area contributed by atoms with Gasteiger partial charge in [0, 0.05) is 16.0 Å². The first-order chi connectivity index (χ1) is 13.5. The number of aryl methyl sites for hydroxylation is 1. The Balaban J connectivity index is 1.52. The summed E-state index contributed by atoms with van der Waals surface area (Å²) in [6.07, 6.45) is 0. The monoisotopic (exact) mass is 411 g/mol. The quantitative estimate of drug-likeness (QED) is 0.504. The molecule has 2 aromatic carbocycles. The highest BCUT2D eigenvalue weighted by molar-refractivity contribution is 7.13. The third-order valence-electron chi connectivity index (χ3n) is 4.11. The van der Waals surface area contributed by atoms with E-state index in [1.54, 1.807) is 29.6 Å². The molecule has 8 heteroatoms. The van der Waals surface area contributed by atoms with Crippen molar-refractivity contribution in [2.24, 2.45) is 0 Å². The summed E-state index contributed by atoms with van der Waals surface area (Å²) in [5.41, 5.74) is 2.22. The van der Waals surface area contributed by atoms with E-state index in [4.69, 9.17) is 16.3 Å². The van der Waals surface area contributed by atoms with Crippen molar-refractivity contribution in [3.63, 3.8) is 0 Å². The van der Waals surface area contributed by atoms with E-state index in [1.807, 2.05) is 25.1 Å². The van der Waals surface area contributed by atoms with Gasteiger partial charge in [0.25, 0.3) is 5.56 Å². The van der Waals surface area contributed by atoms with Gasteiger partial charge in [-0.25, -0.2) is 14.8 Å². The molecule has 0 saturated heterocycles. The number of aromatic nitrogens is 3. The Morgan fingerprint density at radius 3 is 2.86 bits per heavy atom. The zero-order valence-electron chi connectivity index (χ0n) is 14.7. The van der Waals surface area contributed by atoms with E-state index in [0.29, 0.717) is 20.9 Å². The molecule has 4 rings (SSSR count). The van der Waals surface area contributed by atoms with Crippen molar-refractivity contribution in [2.75, 3.05) is 0 Å². The molecule has 0 unspecified atom stereocenters. The lowest BCUT2D eigenvalue weighted by molar-refractivity contribution is 0.0456. The average Bonchev–Trinajstić information content (AvgIpc) is 3.17. The Labute approximate surface area is 168 Å². The molecule has 0 radical (unpaired) electrons. The van der Waals surface area contributed by atoms with Gasteiger partial charge in [0.1, 0.15) is 17.4 Å². The number of hydrogen-bond donors (Lipinski definition) is 1. The summed E-state index contributed by atoms with van der Waals surface area (Å²) in [4.78, 5) is 35.9. The molecule has 0 spiro atoms. The van der Waals surface area contributed by atoms with Crippen LogP contribution in [0.3, 0.4) is 0 Å². The molecule has 140 valence electrons. The molecule has 1 N–H and O–H groups in total. The van der Waals surface area contributed by atoms with E-state index < -0.39 is 5.97 Å². The maximum absolute atomic E-state index is 12.3. The number of fused-ring (bicyclic) bond motifs is 1. The number of benzene rings is 2. The van der Waals surface area contributed by atoms with Crippen LogP contribution in [0.15, 0.2) is 52.6 Å². The lowest BCUT2D eigenvalue weighted by Gasteiger charge is -2.05. The highest BCUT2D eigenvalue weighted by Crippen LogP contribution is 2.26. The second kappa shape index (κ2) is 7.53. The standard InChI is InChI=1S/C20H14ClN3O3S/c1-11-4-2-7-14-17(11)23-16(24-18(14)25)9-27-20(26)15-10-28-19(22-15)12-5-3-6-13(21)8-12/h2-8,10H,9H2,1H3,(H,23,24,25). The van der Waals surface area contributed by atoms with Crippen LogP contribution in [0.25, 0.3) is 21.5 Å². The fourth-order valence-electron chi connectivity index (χ4n) is 2.75. The average molecular weight is 412 g/mol. The van der Waals surface area contributed by atoms with Crippen LogP contribution in [-0.2, 0) is 11.3 Å². The van der Waals surface area contributed by atoms with Crippen LogP contribution in [0, 0.1) is 6.92 Å². The van der Waals surface area contributed by atoms with E-state index in [2.05, 4.69) is 15.0 Å². The normalized spacial score (nSPS) is 10.9. The van der Waals surface area contributed by atoms with Gasteiger partial charge in [-0.2, -0.15) is 0 Å². The molecule has 6 nitrogen and oxygen atoms in total. The van der Waals surface area contributed by atoms with Gasteiger partial charge in [0.05, 0.1) is 10.9 Å². The largest absolute Gasteiger partial charge is 0.453 e. The molecule has 0 fully saturated rings. The van der Waals surface area contributed by atoms with Crippen molar-refractivity contribution in [3.8, 4) is 10.6 Å². The second-order valence-corrected chi connectivity index (χ2v) is 7.40. The minimum atomic E-state index is -0.586. The van der Waals surface area contributed by atoms with Crippen molar-refractivity contribution in [1.29, 1.82) is 0 Å². The maximum Gasteiger partial charge on any atom is 0.358 e. The summed E-state index contributed by atoms with van der Waals surface area (Å²) in [6, 6.07) is 12.6. The molecule has 0 atom stereocenters. The number of aromatic amines is 1. The van der Waals surface area contributed by atoms with Crippen molar-refractivity contribution >= 4 is 39.8 Å². The highest BCUT2D eigenvalue weighted by Gasteiger charge is 2.15. The zero-order valence-corrected chi connectivity index (χ0v) is 16.3. The molecule has 0 aliphatic rings. The number of carbonyl (C=O) groups is 1. The van der Waals surface area contributed by atoms with Crippen LogP contribution in [0.1, 0.15) is 21.9 Å². The zero-order chi connectivity index (χ0) is 19.7. The van der Waals surface area contributed by atoms with E-state index >= 15 is 0 Å². The van der Waals surface area contributed by atoms with Gasteiger partial charge in [0.2, 0.25) is 0 Å². The number of para-hydroxylation sites is 1. The summed E-state index contributed by atoms with van der Waals surface area (Å²) < 4.78 is 5.28. The number of esters is 1. The topological polar surface area (TPSA) is 84.9 Å². The Morgan fingerprint density at radius 2 is 2.04 bits per heavy atom. The molecule has 0 aliphatic heterocycles. The molecule has 4 aromatic rings. The van der Waals surface area contributed by atoms with Gasteiger partial charge < -0.3 is 9.72 Å². The lowest BCUT2D eigenvalue weighted by Crippen LogP contribution is -2.15. The van der Waals surface area contributed by atoms with Crippen molar-refractivity contribution in [3.05, 3.63) is 80.3 Å². The maximum atomic E-state index is 12.3. The first-order valence-corrected chi connectivity index (χ1v) is 9.64. The fourth-order valence-corrected chi connectivity index (χ4v) is 3.73. The third kappa shape index (κ3) is 3.67. The minimum absolute atomic E-state index is 0.150. The van der Waals surface area contributed by atoms with Crippen LogP contribution in [0.5, 0.6) is 0 Å². The Bertz CT molecular complexity index is 1250. The number of nitrogens with zero attached hydrogens (tertiary/aromatic N) is 2.